The molecule has 0 aliphatic heterocycles. The molecule has 0 fully saturated rings. The van der Waals surface area contributed by atoms with Crippen molar-refractivity contribution in [2.24, 2.45) is 0 Å². The molecular formula is C18H32O6. The van der Waals surface area contributed by atoms with Crippen molar-refractivity contribution < 1.29 is 30.2 Å². The zero-order valence-corrected chi connectivity index (χ0v) is 14.6. The minimum atomic E-state index is -0.956. The Balaban J connectivity index is 3.80. The summed E-state index contributed by atoms with van der Waals surface area (Å²) in [5.41, 5.74) is 0. The molecule has 0 spiro atoms. The standard InChI is InChI=1S/C18H32O6/c1-2-3-8-11-16(23-21)14-15-17(24-22)12-9-6-4-5-7-10-13-18(19)20/h5,7,10,13,16-17,21-22H,2-4,6,8-9,11-12,14-15H2,1H3,(H,19,20). The monoisotopic (exact) mass is 344 g/mol. The lowest BCUT2D eigenvalue weighted by molar-refractivity contribution is -0.295. The van der Waals surface area contributed by atoms with Gasteiger partial charge in [0.25, 0.3) is 0 Å². The average molecular weight is 344 g/mol. The molecule has 0 heterocycles. The summed E-state index contributed by atoms with van der Waals surface area (Å²) in [6, 6.07) is 0. The molecule has 6 nitrogen and oxygen atoms in total. The highest BCUT2D eigenvalue weighted by molar-refractivity contribution is 5.80. The molecule has 0 aliphatic rings. The number of aliphatic carboxylic acids is 1. The van der Waals surface area contributed by atoms with E-state index in [9.17, 15) is 4.79 Å². The fourth-order valence-corrected chi connectivity index (χ4v) is 2.44. The van der Waals surface area contributed by atoms with Gasteiger partial charge < -0.3 is 5.11 Å². The first-order valence-corrected chi connectivity index (χ1v) is 8.80. The summed E-state index contributed by atoms with van der Waals surface area (Å²) < 4.78 is 0. The second-order valence-corrected chi connectivity index (χ2v) is 5.94. The number of carboxylic acid groups (broad SMARTS) is 1. The van der Waals surface area contributed by atoms with Gasteiger partial charge in [0.15, 0.2) is 0 Å². The third-order valence-corrected chi connectivity index (χ3v) is 3.87. The zero-order valence-electron chi connectivity index (χ0n) is 14.6. The Labute approximate surface area is 144 Å². The Bertz CT molecular complexity index is 353. The third kappa shape index (κ3) is 14.4. The van der Waals surface area contributed by atoms with Crippen LogP contribution >= 0.6 is 0 Å². The van der Waals surface area contributed by atoms with Gasteiger partial charge in [-0.1, -0.05) is 50.8 Å². The van der Waals surface area contributed by atoms with Crippen LogP contribution in [0.15, 0.2) is 24.3 Å². The van der Waals surface area contributed by atoms with Gasteiger partial charge >= 0.3 is 5.97 Å². The molecule has 24 heavy (non-hydrogen) atoms. The minimum absolute atomic E-state index is 0.196. The van der Waals surface area contributed by atoms with E-state index in [0.717, 1.165) is 57.4 Å². The maximum atomic E-state index is 10.3. The SMILES string of the molecule is CCCCCC(CCC(CCCCC=CC=CC(=O)O)OO)OO. The zero-order chi connectivity index (χ0) is 18.0. The summed E-state index contributed by atoms with van der Waals surface area (Å²) in [6.07, 6.45) is 14.6. The molecule has 0 aromatic rings. The van der Waals surface area contributed by atoms with E-state index >= 15 is 0 Å². The van der Waals surface area contributed by atoms with E-state index in [1.165, 1.54) is 6.08 Å². The number of unbranched alkanes of at least 4 members (excludes halogenated alkanes) is 4. The summed E-state index contributed by atoms with van der Waals surface area (Å²) in [7, 11) is 0. The fraction of sp³-hybridized carbons (Fsp3) is 0.722. The van der Waals surface area contributed by atoms with Gasteiger partial charge in [0.1, 0.15) is 0 Å². The average Bonchev–Trinajstić information content (AvgIpc) is 2.57. The highest BCUT2D eigenvalue weighted by Gasteiger charge is 2.14. The van der Waals surface area contributed by atoms with Crippen LogP contribution in [0.4, 0.5) is 0 Å². The lowest BCUT2D eigenvalue weighted by Gasteiger charge is -2.17. The summed E-state index contributed by atoms with van der Waals surface area (Å²) in [4.78, 5) is 19.3. The largest absolute Gasteiger partial charge is 0.478 e. The molecule has 0 aromatic carbocycles. The molecule has 0 aromatic heterocycles. The summed E-state index contributed by atoms with van der Waals surface area (Å²) in [6.45, 7) is 2.13. The van der Waals surface area contributed by atoms with Crippen molar-refractivity contribution in [3.05, 3.63) is 24.3 Å². The third-order valence-electron chi connectivity index (χ3n) is 3.87. The Hall–Kier alpha value is -1.21. The number of hydrogen-bond donors (Lipinski definition) is 3. The molecule has 6 heteroatoms. The predicted molar refractivity (Wildman–Crippen MR) is 92.8 cm³/mol. The second kappa shape index (κ2) is 16.6. The van der Waals surface area contributed by atoms with Crippen molar-refractivity contribution in [2.45, 2.75) is 83.3 Å². The lowest BCUT2D eigenvalue weighted by atomic mass is 10.0. The molecule has 2 atom stereocenters. The van der Waals surface area contributed by atoms with Gasteiger partial charge in [0.05, 0.1) is 12.2 Å². The molecule has 0 amide bonds. The van der Waals surface area contributed by atoms with E-state index in [1.54, 1.807) is 6.08 Å². The Kier molecular flexibility index (Phi) is 15.8. The van der Waals surface area contributed by atoms with Crippen molar-refractivity contribution in [2.75, 3.05) is 0 Å². The minimum Gasteiger partial charge on any atom is -0.478 e. The van der Waals surface area contributed by atoms with Gasteiger partial charge in [0.2, 0.25) is 0 Å². The smallest absolute Gasteiger partial charge is 0.328 e. The van der Waals surface area contributed by atoms with Gasteiger partial charge in [0, 0.05) is 6.08 Å². The molecule has 0 saturated heterocycles. The van der Waals surface area contributed by atoms with Crippen molar-refractivity contribution in [1.82, 2.24) is 0 Å². The highest BCUT2D eigenvalue weighted by atomic mass is 17.1. The molecule has 0 rings (SSSR count). The first-order valence-electron chi connectivity index (χ1n) is 8.80. The number of rotatable bonds is 16. The number of carboxylic acids is 1. The molecule has 0 bridgehead atoms. The van der Waals surface area contributed by atoms with E-state index < -0.39 is 5.97 Å². The molecule has 0 aliphatic carbocycles. The van der Waals surface area contributed by atoms with Crippen LogP contribution in [0.1, 0.15) is 71.1 Å². The highest BCUT2D eigenvalue weighted by Crippen LogP contribution is 2.17. The van der Waals surface area contributed by atoms with E-state index in [0.29, 0.717) is 12.8 Å². The van der Waals surface area contributed by atoms with Crippen LogP contribution in [0.25, 0.3) is 0 Å². The predicted octanol–water partition coefficient (Wildman–Crippen LogP) is 4.82. The Morgan fingerprint density at radius 1 is 0.917 bits per heavy atom. The summed E-state index contributed by atoms with van der Waals surface area (Å²) in [5.74, 6) is -0.956. The van der Waals surface area contributed by atoms with E-state index in [4.69, 9.17) is 15.6 Å². The molecule has 0 saturated carbocycles. The number of allylic oxidation sites excluding steroid dienone is 3. The van der Waals surface area contributed by atoms with Gasteiger partial charge in [-0.3, -0.25) is 10.5 Å². The molecular weight excluding hydrogens is 312 g/mol. The van der Waals surface area contributed by atoms with Crippen LogP contribution in [0, 0.1) is 0 Å². The van der Waals surface area contributed by atoms with Gasteiger partial charge in [-0.05, 0) is 38.5 Å². The first kappa shape index (κ1) is 22.8. The molecule has 0 radical (unpaired) electrons. The van der Waals surface area contributed by atoms with Crippen LogP contribution in [-0.2, 0) is 14.6 Å². The van der Waals surface area contributed by atoms with Crippen molar-refractivity contribution in [3.63, 3.8) is 0 Å². The summed E-state index contributed by atoms with van der Waals surface area (Å²) in [5, 5.41) is 26.3. The van der Waals surface area contributed by atoms with Crippen LogP contribution in [0.5, 0.6) is 0 Å². The van der Waals surface area contributed by atoms with Crippen molar-refractivity contribution >= 4 is 5.97 Å². The number of hydrogen-bond acceptors (Lipinski definition) is 5. The normalized spacial score (nSPS) is 14.5. The van der Waals surface area contributed by atoms with Crippen LogP contribution in [-0.4, -0.2) is 33.8 Å². The fourth-order valence-electron chi connectivity index (χ4n) is 2.44. The van der Waals surface area contributed by atoms with Crippen LogP contribution < -0.4 is 0 Å². The number of carbonyl (C=O) groups is 1. The van der Waals surface area contributed by atoms with Crippen LogP contribution in [0.3, 0.4) is 0 Å². The Morgan fingerprint density at radius 3 is 2.00 bits per heavy atom. The van der Waals surface area contributed by atoms with E-state index in [2.05, 4.69) is 16.7 Å². The maximum absolute atomic E-state index is 10.3. The van der Waals surface area contributed by atoms with E-state index in [-0.39, 0.29) is 12.2 Å². The van der Waals surface area contributed by atoms with Crippen molar-refractivity contribution in [3.8, 4) is 0 Å². The van der Waals surface area contributed by atoms with Gasteiger partial charge in [-0.2, -0.15) is 0 Å². The van der Waals surface area contributed by atoms with Gasteiger partial charge in [-0.25, -0.2) is 14.6 Å². The topological polar surface area (TPSA) is 96.2 Å². The van der Waals surface area contributed by atoms with Gasteiger partial charge in [-0.15, -0.1) is 0 Å². The van der Waals surface area contributed by atoms with Crippen molar-refractivity contribution in [1.29, 1.82) is 0 Å². The molecule has 2 unspecified atom stereocenters. The van der Waals surface area contributed by atoms with Crippen LogP contribution in [0.2, 0.25) is 0 Å². The first-order chi connectivity index (χ1) is 11.6. The molecule has 3 N–H and O–H groups in total. The van der Waals surface area contributed by atoms with E-state index in [1.807, 2.05) is 6.08 Å². The maximum Gasteiger partial charge on any atom is 0.328 e. The quantitative estimate of drug-likeness (QED) is 0.122. The lowest BCUT2D eigenvalue weighted by Crippen LogP contribution is -2.17. The molecule has 140 valence electrons. The summed E-state index contributed by atoms with van der Waals surface area (Å²) >= 11 is 0. The Morgan fingerprint density at radius 2 is 1.50 bits per heavy atom. The second-order valence-electron chi connectivity index (χ2n) is 5.94.